The Morgan fingerprint density at radius 3 is 2.50 bits per heavy atom. The Balaban J connectivity index is 2.36. The number of urea groups is 1. The zero-order chi connectivity index (χ0) is 10.2. The van der Waals surface area contributed by atoms with E-state index in [9.17, 15) is 4.79 Å². The Kier molecular flexibility index (Phi) is 2.00. The summed E-state index contributed by atoms with van der Waals surface area (Å²) in [6.45, 7) is 1.78. The average molecular weight is 210 g/mol. The van der Waals surface area contributed by atoms with Crippen molar-refractivity contribution in [2.75, 3.05) is 0 Å². The number of amides is 2. The molecule has 1 N–H and O–H groups in total. The molecule has 14 heavy (non-hydrogen) atoms. The highest BCUT2D eigenvalue weighted by Gasteiger charge is 2.33. The normalized spacial score (nSPS) is 25.1. The number of rotatable bonds is 1. The number of carbonyl (C=O) groups excluding carboxylic acids is 1. The summed E-state index contributed by atoms with van der Waals surface area (Å²) < 4.78 is 0. The van der Waals surface area contributed by atoms with Crippen molar-refractivity contribution in [1.82, 2.24) is 5.32 Å². The van der Waals surface area contributed by atoms with Gasteiger partial charge in [-0.15, -0.1) is 0 Å². The van der Waals surface area contributed by atoms with Crippen molar-refractivity contribution >= 4 is 17.6 Å². The first-order chi connectivity index (χ1) is 6.60. The van der Waals surface area contributed by atoms with E-state index in [1.165, 1.54) is 0 Å². The fraction of sp³-hybridized carbons (Fsp3) is 0.222. The van der Waals surface area contributed by atoms with Gasteiger partial charge in [-0.2, -0.15) is 5.11 Å². The molecular formula is C9H8ClN3O. The fourth-order valence-electron chi connectivity index (χ4n) is 1.31. The van der Waals surface area contributed by atoms with Crippen LogP contribution in [0.4, 0.5) is 4.79 Å². The molecule has 0 bridgehead atoms. The third-order valence-electron chi connectivity index (χ3n) is 2.10. The summed E-state index contributed by atoms with van der Waals surface area (Å²) in [7, 11) is 0. The van der Waals surface area contributed by atoms with E-state index in [2.05, 4.69) is 15.5 Å². The highest BCUT2D eigenvalue weighted by Crippen LogP contribution is 2.27. The van der Waals surface area contributed by atoms with Gasteiger partial charge >= 0.3 is 6.03 Å². The van der Waals surface area contributed by atoms with Crippen LogP contribution in [-0.2, 0) is 5.66 Å². The number of halogens is 1. The van der Waals surface area contributed by atoms with Crippen molar-refractivity contribution < 1.29 is 4.79 Å². The van der Waals surface area contributed by atoms with Gasteiger partial charge in [0, 0.05) is 10.6 Å². The molecule has 0 radical (unpaired) electrons. The Hall–Kier alpha value is -1.42. The smallest absolute Gasteiger partial charge is 0.305 e. The Morgan fingerprint density at radius 1 is 1.36 bits per heavy atom. The first-order valence-electron chi connectivity index (χ1n) is 4.11. The Bertz CT molecular complexity index is 401. The lowest BCUT2D eigenvalue weighted by atomic mass is 10.0. The van der Waals surface area contributed by atoms with Crippen molar-refractivity contribution in [1.29, 1.82) is 0 Å². The summed E-state index contributed by atoms with van der Waals surface area (Å²) in [5, 5.41) is 10.6. The number of hydrogen-bond acceptors (Lipinski definition) is 2. The minimum absolute atomic E-state index is 0.414. The summed E-state index contributed by atoms with van der Waals surface area (Å²) >= 11 is 5.75. The van der Waals surface area contributed by atoms with Crippen LogP contribution in [0.2, 0.25) is 5.02 Å². The molecule has 0 saturated heterocycles. The second-order valence-electron chi connectivity index (χ2n) is 3.21. The van der Waals surface area contributed by atoms with Crippen molar-refractivity contribution in [3.8, 4) is 0 Å². The molecule has 1 aromatic rings. The van der Waals surface area contributed by atoms with E-state index in [1.807, 2.05) is 12.1 Å². The van der Waals surface area contributed by atoms with Gasteiger partial charge in [-0.1, -0.05) is 28.8 Å². The lowest BCUT2D eigenvalue weighted by Crippen LogP contribution is -2.35. The van der Waals surface area contributed by atoms with E-state index < -0.39 is 11.7 Å². The number of benzene rings is 1. The maximum Gasteiger partial charge on any atom is 0.361 e. The van der Waals surface area contributed by atoms with Crippen LogP contribution in [0.5, 0.6) is 0 Å². The number of carbonyl (C=O) groups is 1. The van der Waals surface area contributed by atoms with Crippen LogP contribution in [0.3, 0.4) is 0 Å². The van der Waals surface area contributed by atoms with Crippen LogP contribution < -0.4 is 5.32 Å². The van der Waals surface area contributed by atoms with Crippen LogP contribution in [0.1, 0.15) is 12.5 Å². The largest absolute Gasteiger partial charge is 0.361 e. The first-order valence-corrected chi connectivity index (χ1v) is 4.49. The van der Waals surface area contributed by atoms with E-state index in [-0.39, 0.29) is 0 Å². The lowest BCUT2D eigenvalue weighted by Gasteiger charge is -2.19. The molecule has 0 spiro atoms. The van der Waals surface area contributed by atoms with Crippen LogP contribution >= 0.6 is 11.6 Å². The van der Waals surface area contributed by atoms with Gasteiger partial charge in [-0.05, 0) is 19.1 Å². The van der Waals surface area contributed by atoms with Crippen LogP contribution in [-0.4, -0.2) is 6.03 Å². The van der Waals surface area contributed by atoms with Gasteiger partial charge in [0.05, 0.1) is 0 Å². The standard InChI is InChI=1S/C9H8ClN3O/c1-9(11-8(14)12-13-9)6-2-4-7(10)5-3-6/h2-5H,1H3,(H,11,14). The van der Waals surface area contributed by atoms with Gasteiger partial charge in [-0.25, -0.2) is 4.79 Å². The molecule has 1 aliphatic heterocycles. The maximum absolute atomic E-state index is 10.9. The SMILES string of the molecule is CC1(c2ccc(Cl)cc2)N=NC(=O)N1. The predicted octanol–water partition coefficient (Wildman–Crippen LogP) is 2.69. The van der Waals surface area contributed by atoms with E-state index in [4.69, 9.17) is 11.6 Å². The van der Waals surface area contributed by atoms with Crippen molar-refractivity contribution in [3.63, 3.8) is 0 Å². The van der Waals surface area contributed by atoms with Gasteiger partial charge in [0.25, 0.3) is 0 Å². The van der Waals surface area contributed by atoms with Gasteiger partial charge in [-0.3, -0.25) is 0 Å². The molecule has 2 amide bonds. The van der Waals surface area contributed by atoms with Crippen molar-refractivity contribution in [2.24, 2.45) is 10.2 Å². The number of nitrogens with zero attached hydrogens (tertiary/aromatic N) is 2. The molecule has 1 atom stereocenters. The first kappa shape index (κ1) is 9.15. The molecule has 2 rings (SSSR count). The summed E-state index contributed by atoms with van der Waals surface area (Å²) in [6, 6.07) is 6.71. The molecule has 1 heterocycles. The topological polar surface area (TPSA) is 53.8 Å². The lowest BCUT2D eigenvalue weighted by molar-refractivity contribution is 0.246. The van der Waals surface area contributed by atoms with Gasteiger partial charge in [0.1, 0.15) is 0 Å². The highest BCUT2D eigenvalue weighted by molar-refractivity contribution is 6.30. The monoisotopic (exact) mass is 209 g/mol. The van der Waals surface area contributed by atoms with E-state index in [1.54, 1.807) is 19.1 Å². The van der Waals surface area contributed by atoms with Crippen molar-refractivity contribution in [3.05, 3.63) is 34.9 Å². The molecule has 1 aromatic carbocycles. The summed E-state index contributed by atoms with van der Waals surface area (Å²) in [4.78, 5) is 10.9. The van der Waals surface area contributed by atoms with Crippen LogP contribution in [0.15, 0.2) is 34.5 Å². The van der Waals surface area contributed by atoms with Crippen LogP contribution in [0.25, 0.3) is 0 Å². The molecule has 0 aliphatic carbocycles. The quantitative estimate of drug-likeness (QED) is 0.760. The highest BCUT2D eigenvalue weighted by atomic mass is 35.5. The molecule has 0 fully saturated rings. The van der Waals surface area contributed by atoms with Crippen molar-refractivity contribution in [2.45, 2.75) is 12.6 Å². The third-order valence-corrected chi connectivity index (χ3v) is 2.35. The van der Waals surface area contributed by atoms with Gasteiger partial charge in [0.2, 0.25) is 0 Å². The maximum atomic E-state index is 10.9. The zero-order valence-corrected chi connectivity index (χ0v) is 8.25. The average Bonchev–Trinajstić information content (AvgIpc) is 2.48. The Labute approximate surface area is 86.0 Å². The molecule has 5 heteroatoms. The molecule has 72 valence electrons. The predicted molar refractivity (Wildman–Crippen MR) is 52.2 cm³/mol. The van der Waals surface area contributed by atoms with E-state index in [0.29, 0.717) is 5.02 Å². The Morgan fingerprint density at radius 2 is 2.00 bits per heavy atom. The molecule has 0 saturated carbocycles. The number of azo groups is 1. The number of nitrogens with one attached hydrogen (secondary N) is 1. The van der Waals surface area contributed by atoms with E-state index >= 15 is 0 Å². The van der Waals surface area contributed by atoms with Crippen LogP contribution in [0, 0.1) is 0 Å². The molecule has 4 nitrogen and oxygen atoms in total. The molecule has 1 aliphatic rings. The fourth-order valence-corrected chi connectivity index (χ4v) is 1.43. The van der Waals surface area contributed by atoms with Gasteiger partial charge < -0.3 is 5.32 Å². The third kappa shape index (κ3) is 1.48. The molecule has 1 unspecified atom stereocenters. The van der Waals surface area contributed by atoms with E-state index in [0.717, 1.165) is 5.56 Å². The van der Waals surface area contributed by atoms with Gasteiger partial charge in [0.15, 0.2) is 5.66 Å². The summed E-state index contributed by atoms with van der Waals surface area (Å²) in [5.41, 5.74) is 0.110. The molecule has 0 aromatic heterocycles. The molecular weight excluding hydrogens is 202 g/mol. The summed E-state index contributed by atoms with van der Waals surface area (Å²) in [5.74, 6) is 0. The summed E-state index contributed by atoms with van der Waals surface area (Å²) in [6.07, 6.45) is 0. The number of hydrogen-bond donors (Lipinski definition) is 1. The zero-order valence-electron chi connectivity index (χ0n) is 7.49. The minimum atomic E-state index is -0.748. The minimum Gasteiger partial charge on any atom is -0.305 e. The second-order valence-corrected chi connectivity index (χ2v) is 3.65. The second kappa shape index (κ2) is 3.06.